The number of carbonyl (C=O) groups excluding carboxylic acids is 1. The fraction of sp³-hybridized carbons (Fsp3) is 0.412. The van der Waals surface area contributed by atoms with Crippen molar-refractivity contribution in [1.82, 2.24) is 9.88 Å². The van der Waals surface area contributed by atoms with Gasteiger partial charge in [0.25, 0.3) is 5.91 Å². The van der Waals surface area contributed by atoms with Gasteiger partial charge in [-0.05, 0) is 25.0 Å². The summed E-state index contributed by atoms with van der Waals surface area (Å²) in [6.45, 7) is 5.50. The van der Waals surface area contributed by atoms with Crippen molar-refractivity contribution in [2.75, 3.05) is 13.2 Å². The third kappa shape index (κ3) is 3.29. The average molecular weight is 331 g/mol. The summed E-state index contributed by atoms with van der Waals surface area (Å²) in [5.41, 5.74) is 8.38. The van der Waals surface area contributed by atoms with E-state index in [9.17, 15) is 4.79 Å². The second-order valence-corrected chi connectivity index (χ2v) is 6.76. The zero-order valence-electron chi connectivity index (χ0n) is 13.4. The van der Waals surface area contributed by atoms with E-state index in [1.54, 1.807) is 5.38 Å². The van der Waals surface area contributed by atoms with Gasteiger partial charge >= 0.3 is 0 Å². The van der Waals surface area contributed by atoms with E-state index in [0.29, 0.717) is 25.4 Å². The molecule has 0 unspecified atom stereocenters. The second kappa shape index (κ2) is 6.78. The SMILES string of the molecule is Cc1ccccc1[C@@H]1CN(C(=O)c2csc(CN)n2)[C@@H](C)CO1. The van der Waals surface area contributed by atoms with Gasteiger partial charge in [-0.15, -0.1) is 11.3 Å². The number of aromatic nitrogens is 1. The molecule has 0 bridgehead atoms. The number of ether oxygens (including phenoxy) is 1. The molecule has 1 aromatic heterocycles. The first-order chi connectivity index (χ1) is 11.1. The molecule has 1 fully saturated rings. The van der Waals surface area contributed by atoms with Crippen LogP contribution in [0.15, 0.2) is 29.6 Å². The number of aryl methyl sites for hydroxylation is 1. The van der Waals surface area contributed by atoms with Gasteiger partial charge in [0, 0.05) is 11.9 Å². The van der Waals surface area contributed by atoms with E-state index in [-0.39, 0.29) is 18.1 Å². The molecular weight excluding hydrogens is 310 g/mol. The predicted molar refractivity (Wildman–Crippen MR) is 90.4 cm³/mol. The number of benzene rings is 1. The van der Waals surface area contributed by atoms with Crippen molar-refractivity contribution < 1.29 is 9.53 Å². The zero-order valence-corrected chi connectivity index (χ0v) is 14.2. The first-order valence-corrected chi connectivity index (χ1v) is 8.60. The largest absolute Gasteiger partial charge is 0.370 e. The van der Waals surface area contributed by atoms with Gasteiger partial charge in [-0.3, -0.25) is 4.79 Å². The second-order valence-electron chi connectivity index (χ2n) is 5.82. The van der Waals surface area contributed by atoms with Gasteiger partial charge in [-0.2, -0.15) is 0 Å². The summed E-state index contributed by atoms with van der Waals surface area (Å²) in [6, 6.07) is 8.18. The number of nitrogens with zero attached hydrogens (tertiary/aromatic N) is 2. The van der Waals surface area contributed by atoms with Crippen LogP contribution in [0.25, 0.3) is 0 Å². The fourth-order valence-corrected chi connectivity index (χ4v) is 3.47. The van der Waals surface area contributed by atoms with Crippen molar-refractivity contribution >= 4 is 17.2 Å². The summed E-state index contributed by atoms with van der Waals surface area (Å²) in [6.07, 6.45) is -0.0936. The first-order valence-electron chi connectivity index (χ1n) is 7.72. The van der Waals surface area contributed by atoms with Gasteiger partial charge in [-0.1, -0.05) is 24.3 Å². The molecule has 1 amide bonds. The highest BCUT2D eigenvalue weighted by Crippen LogP contribution is 2.28. The summed E-state index contributed by atoms with van der Waals surface area (Å²) in [5.74, 6) is -0.0460. The number of thiazole rings is 1. The standard InChI is InChI=1S/C17H21N3O2S/c1-11-5-3-4-6-13(11)15-8-20(12(2)9-22-15)17(21)14-10-23-16(7-18)19-14/h3-6,10,12,15H,7-9,18H2,1-2H3/t12-,15-/m0/s1. The molecule has 2 N–H and O–H groups in total. The molecule has 1 aliphatic rings. The van der Waals surface area contributed by atoms with Gasteiger partial charge in [0.1, 0.15) is 16.8 Å². The van der Waals surface area contributed by atoms with Crippen molar-refractivity contribution in [1.29, 1.82) is 0 Å². The van der Waals surface area contributed by atoms with E-state index in [1.807, 2.05) is 24.0 Å². The molecule has 3 rings (SSSR count). The number of carbonyl (C=O) groups is 1. The Morgan fingerprint density at radius 1 is 1.48 bits per heavy atom. The molecule has 6 heteroatoms. The highest BCUT2D eigenvalue weighted by Gasteiger charge is 2.32. The Hall–Kier alpha value is -1.76. The number of hydrogen-bond donors (Lipinski definition) is 1. The van der Waals surface area contributed by atoms with Crippen molar-refractivity contribution in [3.63, 3.8) is 0 Å². The lowest BCUT2D eigenvalue weighted by atomic mass is 10.0. The van der Waals surface area contributed by atoms with Crippen molar-refractivity contribution in [2.24, 2.45) is 5.73 Å². The molecule has 0 aliphatic carbocycles. The summed E-state index contributed by atoms with van der Waals surface area (Å²) < 4.78 is 5.97. The highest BCUT2D eigenvalue weighted by atomic mass is 32.1. The number of nitrogens with two attached hydrogens (primary N) is 1. The highest BCUT2D eigenvalue weighted by molar-refractivity contribution is 7.09. The number of hydrogen-bond acceptors (Lipinski definition) is 5. The maximum Gasteiger partial charge on any atom is 0.273 e. The first kappa shape index (κ1) is 16.1. The molecule has 2 heterocycles. The third-order valence-electron chi connectivity index (χ3n) is 4.17. The van der Waals surface area contributed by atoms with Gasteiger partial charge in [-0.25, -0.2) is 4.98 Å². The lowest BCUT2D eigenvalue weighted by Gasteiger charge is -2.38. The zero-order chi connectivity index (χ0) is 16.4. The summed E-state index contributed by atoms with van der Waals surface area (Å²) >= 11 is 1.43. The van der Waals surface area contributed by atoms with E-state index in [4.69, 9.17) is 10.5 Å². The molecule has 1 aromatic carbocycles. The minimum absolute atomic E-state index is 0.0331. The Morgan fingerprint density at radius 2 is 2.26 bits per heavy atom. The van der Waals surface area contributed by atoms with Crippen molar-refractivity contribution in [3.8, 4) is 0 Å². The van der Waals surface area contributed by atoms with E-state index in [1.165, 1.54) is 16.9 Å². The Balaban J connectivity index is 1.81. The Morgan fingerprint density at radius 3 is 2.96 bits per heavy atom. The summed E-state index contributed by atoms with van der Waals surface area (Å²) in [7, 11) is 0. The molecule has 2 aromatic rings. The van der Waals surface area contributed by atoms with Crippen LogP contribution in [0, 0.1) is 6.92 Å². The van der Waals surface area contributed by atoms with Crippen LogP contribution >= 0.6 is 11.3 Å². The minimum atomic E-state index is -0.0936. The number of rotatable bonds is 3. The van der Waals surface area contributed by atoms with E-state index < -0.39 is 0 Å². The van der Waals surface area contributed by atoms with Gasteiger partial charge in [0.05, 0.1) is 19.2 Å². The van der Waals surface area contributed by atoms with Crippen LogP contribution in [0.2, 0.25) is 0 Å². The topological polar surface area (TPSA) is 68.5 Å². The molecule has 122 valence electrons. The van der Waals surface area contributed by atoms with Crippen LogP contribution in [-0.2, 0) is 11.3 Å². The van der Waals surface area contributed by atoms with E-state index in [0.717, 1.165) is 10.6 Å². The van der Waals surface area contributed by atoms with Crippen LogP contribution in [0.1, 0.15) is 39.7 Å². The van der Waals surface area contributed by atoms with Crippen LogP contribution in [-0.4, -0.2) is 35.0 Å². The van der Waals surface area contributed by atoms with Crippen molar-refractivity contribution in [2.45, 2.75) is 32.5 Å². The lowest BCUT2D eigenvalue weighted by molar-refractivity contribution is -0.0490. The Labute approximate surface area is 140 Å². The molecule has 2 atom stereocenters. The summed E-state index contributed by atoms with van der Waals surface area (Å²) in [5, 5.41) is 2.57. The molecule has 23 heavy (non-hydrogen) atoms. The third-order valence-corrected chi connectivity index (χ3v) is 5.05. The van der Waals surface area contributed by atoms with E-state index in [2.05, 4.69) is 24.0 Å². The normalized spacial score (nSPS) is 21.4. The Kier molecular flexibility index (Phi) is 4.75. The quantitative estimate of drug-likeness (QED) is 0.938. The van der Waals surface area contributed by atoms with Crippen LogP contribution < -0.4 is 5.73 Å². The molecule has 0 radical (unpaired) electrons. The summed E-state index contributed by atoms with van der Waals surface area (Å²) in [4.78, 5) is 18.9. The van der Waals surface area contributed by atoms with Crippen LogP contribution in [0.5, 0.6) is 0 Å². The average Bonchev–Trinajstić information content (AvgIpc) is 3.04. The number of morpholine rings is 1. The predicted octanol–water partition coefficient (Wildman–Crippen LogP) is 2.51. The molecular formula is C17H21N3O2S. The molecule has 0 saturated carbocycles. The van der Waals surface area contributed by atoms with E-state index >= 15 is 0 Å². The smallest absolute Gasteiger partial charge is 0.273 e. The molecule has 1 aliphatic heterocycles. The maximum atomic E-state index is 12.8. The fourth-order valence-electron chi connectivity index (χ4n) is 2.83. The van der Waals surface area contributed by atoms with Gasteiger partial charge < -0.3 is 15.4 Å². The van der Waals surface area contributed by atoms with Gasteiger partial charge in [0.15, 0.2) is 0 Å². The lowest BCUT2D eigenvalue weighted by Crippen LogP contribution is -2.48. The maximum absolute atomic E-state index is 12.8. The van der Waals surface area contributed by atoms with Crippen LogP contribution in [0.3, 0.4) is 0 Å². The number of amides is 1. The Bertz CT molecular complexity index is 701. The van der Waals surface area contributed by atoms with Crippen molar-refractivity contribution in [3.05, 3.63) is 51.5 Å². The monoisotopic (exact) mass is 331 g/mol. The molecule has 5 nitrogen and oxygen atoms in total. The molecule has 0 spiro atoms. The van der Waals surface area contributed by atoms with Gasteiger partial charge in [0.2, 0.25) is 0 Å². The minimum Gasteiger partial charge on any atom is -0.370 e. The molecule has 1 saturated heterocycles. The van der Waals surface area contributed by atoms with Crippen LogP contribution in [0.4, 0.5) is 0 Å².